The summed E-state index contributed by atoms with van der Waals surface area (Å²) in [7, 11) is 0. The standard InChI is InChI=1S/C12H10ClFN2O4/c13-6-1-2-8(14)7(3-6)11(18)16-5-10(17)15-4-9(16)12(19)20/h1-3,9H,4-5H2,(H,15,17)(H,19,20). The smallest absolute Gasteiger partial charge is 0.328 e. The number of carbonyl (C=O) groups excluding carboxylic acids is 2. The van der Waals surface area contributed by atoms with Gasteiger partial charge in [-0.15, -0.1) is 0 Å². The van der Waals surface area contributed by atoms with Crippen LogP contribution < -0.4 is 5.32 Å². The van der Waals surface area contributed by atoms with Crippen molar-refractivity contribution in [3.05, 3.63) is 34.6 Å². The molecule has 0 bridgehead atoms. The Morgan fingerprint density at radius 2 is 2.15 bits per heavy atom. The number of carboxylic acids is 1. The molecule has 1 aliphatic rings. The zero-order valence-electron chi connectivity index (χ0n) is 10.1. The number of carbonyl (C=O) groups is 3. The molecule has 2 rings (SSSR count). The van der Waals surface area contributed by atoms with Gasteiger partial charge in [-0.2, -0.15) is 0 Å². The predicted molar refractivity (Wildman–Crippen MR) is 66.9 cm³/mol. The monoisotopic (exact) mass is 300 g/mol. The molecule has 0 aliphatic carbocycles. The number of hydrogen-bond donors (Lipinski definition) is 2. The molecule has 0 radical (unpaired) electrons. The van der Waals surface area contributed by atoms with E-state index in [2.05, 4.69) is 5.32 Å². The van der Waals surface area contributed by atoms with Crippen LogP contribution in [0.2, 0.25) is 5.02 Å². The Balaban J connectivity index is 2.36. The van der Waals surface area contributed by atoms with E-state index in [1.807, 2.05) is 0 Å². The Bertz CT molecular complexity index is 593. The predicted octanol–water partition coefficient (Wildman–Crippen LogP) is 0.504. The van der Waals surface area contributed by atoms with E-state index < -0.39 is 36.2 Å². The molecule has 20 heavy (non-hydrogen) atoms. The van der Waals surface area contributed by atoms with Crippen LogP contribution in [0.4, 0.5) is 4.39 Å². The van der Waals surface area contributed by atoms with Gasteiger partial charge in [0.2, 0.25) is 5.91 Å². The minimum atomic E-state index is -1.28. The molecule has 1 aromatic rings. The number of nitrogens with zero attached hydrogens (tertiary/aromatic N) is 1. The molecule has 1 atom stereocenters. The lowest BCUT2D eigenvalue weighted by Crippen LogP contribution is -2.59. The number of nitrogens with one attached hydrogen (secondary N) is 1. The zero-order valence-corrected chi connectivity index (χ0v) is 10.9. The van der Waals surface area contributed by atoms with Crippen molar-refractivity contribution in [1.82, 2.24) is 10.2 Å². The van der Waals surface area contributed by atoms with Crippen LogP contribution in [0, 0.1) is 5.82 Å². The van der Waals surface area contributed by atoms with Gasteiger partial charge >= 0.3 is 5.97 Å². The van der Waals surface area contributed by atoms with E-state index in [0.717, 1.165) is 17.0 Å². The van der Waals surface area contributed by atoms with Crippen LogP contribution in [-0.4, -0.2) is 46.9 Å². The Kier molecular flexibility index (Phi) is 3.89. The van der Waals surface area contributed by atoms with Crippen molar-refractivity contribution < 1.29 is 23.9 Å². The maximum Gasteiger partial charge on any atom is 0.328 e. The van der Waals surface area contributed by atoms with Crippen LogP contribution >= 0.6 is 11.6 Å². The molecule has 1 fully saturated rings. The summed E-state index contributed by atoms with van der Waals surface area (Å²) in [6, 6.07) is 2.14. The van der Waals surface area contributed by atoms with E-state index in [1.165, 1.54) is 6.07 Å². The van der Waals surface area contributed by atoms with Crippen LogP contribution in [0.1, 0.15) is 10.4 Å². The summed E-state index contributed by atoms with van der Waals surface area (Å²) in [6.45, 7) is -0.663. The number of hydrogen-bond acceptors (Lipinski definition) is 3. The van der Waals surface area contributed by atoms with Crippen LogP contribution in [0.3, 0.4) is 0 Å². The largest absolute Gasteiger partial charge is 0.480 e. The maximum atomic E-state index is 13.6. The Morgan fingerprint density at radius 3 is 2.80 bits per heavy atom. The summed E-state index contributed by atoms with van der Waals surface area (Å²) >= 11 is 5.69. The van der Waals surface area contributed by atoms with Gasteiger partial charge < -0.3 is 15.3 Å². The first kappa shape index (κ1) is 14.3. The maximum absolute atomic E-state index is 13.6. The van der Waals surface area contributed by atoms with Crippen molar-refractivity contribution >= 4 is 29.4 Å². The molecule has 0 aromatic heterocycles. The minimum Gasteiger partial charge on any atom is -0.480 e. The van der Waals surface area contributed by atoms with Gasteiger partial charge in [0.05, 0.1) is 5.56 Å². The Hall–Kier alpha value is -2.15. The fraction of sp³-hybridized carbons (Fsp3) is 0.250. The fourth-order valence-corrected chi connectivity index (χ4v) is 2.06. The first-order valence-electron chi connectivity index (χ1n) is 5.65. The highest BCUT2D eigenvalue weighted by molar-refractivity contribution is 6.31. The van der Waals surface area contributed by atoms with E-state index >= 15 is 0 Å². The molecule has 1 saturated heterocycles. The van der Waals surface area contributed by atoms with E-state index in [-0.39, 0.29) is 17.1 Å². The van der Waals surface area contributed by atoms with Crippen LogP contribution in [0.25, 0.3) is 0 Å². The van der Waals surface area contributed by atoms with Crippen molar-refractivity contribution in [2.75, 3.05) is 13.1 Å². The number of carboxylic acid groups (broad SMARTS) is 1. The van der Waals surface area contributed by atoms with Crippen molar-refractivity contribution in [1.29, 1.82) is 0 Å². The SMILES string of the molecule is O=C1CN(C(=O)c2cc(Cl)ccc2F)C(C(=O)O)CN1. The molecule has 106 valence electrons. The number of piperazine rings is 1. The molecule has 8 heteroatoms. The molecule has 2 N–H and O–H groups in total. The van der Waals surface area contributed by atoms with Gasteiger partial charge in [-0.1, -0.05) is 11.6 Å². The van der Waals surface area contributed by atoms with Gasteiger partial charge in [-0.05, 0) is 18.2 Å². The second-order valence-corrected chi connectivity index (χ2v) is 4.65. The van der Waals surface area contributed by atoms with Gasteiger partial charge in [-0.3, -0.25) is 9.59 Å². The molecular weight excluding hydrogens is 291 g/mol. The first-order valence-corrected chi connectivity index (χ1v) is 6.03. The first-order chi connectivity index (χ1) is 9.40. The molecule has 0 saturated carbocycles. The van der Waals surface area contributed by atoms with Crippen LogP contribution in [0.5, 0.6) is 0 Å². The molecule has 1 heterocycles. The van der Waals surface area contributed by atoms with Gasteiger partial charge in [0.1, 0.15) is 18.4 Å². The highest BCUT2D eigenvalue weighted by atomic mass is 35.5. The van der Waals surface area contributed by atoms with Crippen molar-refractivity contribution in [3.63, 3.8) is 0 Å². The summed E-state index contributed by atoms with van der Waals surface area (Å²) < 4.78 is 13.6. The molecule has 2 amide bonds. The third-order valence-corrected chi connectivity index (χ3v) is 3.12. The summed E-state index contributed by atoms with van der Waals surface area (Å²) in [4.78, 5) is 35.4. The third kappa shape index (κ3) is 2.72. The van der Waals surface area contributed by atoms with E-state index in [4.69, 9.17) is 16.7 Å². The molecular formula is C12H10ClFN2O4. The second kappa shape index (κ2) is 5.46. The number of benzene rings is 1. The molecule has 1 unspecified atom stereocenters. The Morgan fingerprint density at radius 1 is 1.45 bits per heavy atom. The number of aliphatic carboxylic acids is 1. The van der Waals surface area contributed by atoms with Crippen LogP contribution in [-0.2, 0) is 9.59 Å². The molecule has 1 aromatic carbocycles. The fourth-order valence-electron chi connectivity index (χ4n) is 1.89. The lowest BCUT2D eigenvalue weighted by atomic mass is 10.1. The molecule has 6 nitrogen and oxygen atoms in total. The quantitative estimate of drug-likeness (QED) is 0.833. The highest BCUT2D eigenvalue weighted by Crippen LogP contribution is 2.18. The molecule has 0 spiro atoms. The van der Waals surface area contributed by atoms with E-state index in [1.54, 1.807) is 0 Å². The Labute approximate surface area is 118 Å². The van der Waals surface area contributed by atoms with E-state index in [0.29, 0.717) is 0 Å². The lowest BCUT2D eigenvalue weighted by molar-refractivity contribution is -0.144. The second-order valence-electron chi connectivity index (χ2n) is 4.22. The van der Waals surface area contributed by atoms with Crippen molar-refractivity contribution in [2.24, 2.45) is 0 Å². The lowest BCUT2D eigenvalue weighted by Gasteiger charge is -2.32. The number of halogens is 2. The number of amides is 2. The van der Waals surface area contributed by atoms with Crippen molar-refractivity contribution in [2.45, 2.75) is 6.04 Å². The van der Waals surface area contributed by atoms with Gasteiger partial charge in [0, 0.05) is 11.6 Å². The summed E-state index contributed by atoms with van der Waals surface area (Å²) in [5.74, 6) is -3.49. The van der Waals surface area contributed by atoms with Gasteiger partial charge in [-0.25, -0.2) is 9.18 Å². The molecule has 1 aliphatic heterocycles. The normalized spacial score (nSPS) is 18.6. The average molecular weight is 301 g/mol. The summed E-state index contributed by atoms with van der Waals surface area (Å²) in [5, 5.41) is 11.5. The van der Waals surface area contributed by atoms with Crippen LogP contribution in [0.15, 0.2) is 18.2 Å². The van der Waals surface area contributed by atoms with Crippen molar-refractivity contribution in [3.8, 4) is 0 Å². The van der Waals surface area contributed by atoms with Gasteiger partial charge in [0.15, 0.2) is 0 Å². The topological polar surface area (TPSA) is 86.7 Å². The number of rotatable bonds is 2. The van der Waals surface area contributed by atoms with Gasteiger partial charge in [0.25, 0.3) is 5.91 Å². The average Bonchev–Trinajstić information content (AvgIpc) is 2.40. The van der Waals surface area contributed by atoms with E-state index in [9.17, 15) is 18.8 Å². The zero-order chi connectivity index (χ0) is 14.9. The summed E-state index contributed by atoms with van der Waals surface area (Å²) in [6.07, 6.45) is 0. The highest BCUT2D eigenvalue weighted by Gasteiger charge is 2.36. The minimum absolute atomic E-state index is 0.142. The summed E-state index contributed by atoms with van der Waals surface area (Å²) in [5.41, 5.74) is -0.363. The third-order valence-electron chi connectivity index (χ3n) is 2.89.